The Balaban J connectivity index is 1.89. The molecule has 0 unspecified atom stereocenters. The minimum atomic E-state index is -0.0200. The molecule has 6 nitrogen and oxygen atoms in total. The van der Waals surface area contributed by atoms with E-state index in [2.05, 4.69) is 33.9 Å². The van der Waals surface area contributed by atoms with Gasteiger partial charge in [-0.15, -0.1) is 5.10 Å². The summed E-state index contributed by atoms with van der Waals surface area (Å²) < 4.78 is 0. The molecule has 28 heavy (non-hydrogen) atoms. The van der Waals surface area contributed by atoms with Gasteiger partial charge in [0.2, 0.25) is 5.95 Å². The summed E-state index contributed by atoms with van der Waals surface area (Å²) in [7, 11) is 0. The first-order valence-corrected chi connectivity index (χ1v) is 9.46. The molecule has 0 saturated carbocycles. The number of fused-ring (bicyclic) bond motifs is 4. The van der Waals surface area contributed by atoms with Gasteiger partial charge in [-0.05, 0) is 13.8 Å². The van der Waals surface area contributed by atoms with Gasteiger partial charge in [-0.3, -0.25) is 4.79 Å². The summed E-state index contributed by atoms with van der Waals surface area (Å²) in [6, 6.07) is 13.5. The molecule has 0 saturated heterocycles. The lowest BCUT2D eigenvalue weighted by atomic mass is 9.86. The van der Waals surface area contributed by atoms with Gasteiger partial charge in [0.05, 0.1) is 23.2 Å². The van der Waals surface area contributed by atoms with Crippen molar-refractivity contribution >= 4 is 23.5 Å². The number of H-pyrrole nitrogens is 1. The van der Waals surface area contributed by atoms with Gasteiger partial charge >= 0.3 is 0 Å². The molecule has 1 aromatic heterocycles. The Labute approximate surface area is 162 Å². The Morgan fingerprint density at radius 2 is 1.79 bits per heavy atom. The summed E-state index contributed by atoms with van der Waals surface area (Å²) in [5.74, 6) is 0.756. The molecule has 2 aromatic carbocycles. The van der Waals surface area contributed by atoms with Crippen LogP contribution in [0.25, 0.3) is 16.8 Å². The number of Topliss-reactive ketones (excluding diaryl/α,β-unsaturated/α-hetero) is 1. The number of anilines is 1. The van der Waals surface area contributed by atoms with Crippen molar-refractivity contribution in [1.82, 2.24) is 9.97 Å². The molecule has 0 amide bonds. The van der Waals surface area contributed by atoms with Crippen LogP contribution in [-0.2, 0) is 0 Å². The Bertz CT molecular complexity index is 1260. The largest absolute Gasteiger partial charge is 0.343 e. The van der Waals surface area contributed by atoms with Crippen molar-refractivity contribution in [3.63, 3.8) is 0 Å². The Hall–Kier alpha value is -3.54. The van der Waals surface area contributed by atoms with Crippen LogP contribution in [0.15, 0.2) is 52.7 Å². The van der Waals surface area contributed by atoms with Crippen molar-refractivity contribution in [2.75, 3.05) is 18.0 Å². The summed E-state index contributed by atoms with van der Waals surface area (Å²) in [4.78, 5) is 24.0. The number of imidazole rings is 1. The molecular weight excluding hydrogens is 350 g/mol. The average Bonchev–Trinajstić information content (AvgIpc) is 3.37. The predicted octanol–water partition coefficient (Wildman–Crippen LogP) is 2.29. The highest BCUT2D eigenvalue weighted by molar-refractivity contribution is 6.33. The summed E-state index contributed by atoms with van der Waals surface area (Å²) >= 11 is 0. The number of benzene rings is 2. The molecule has 0 atom stereocenters. The van der Waals surface area contributed by atoms with Crippen LogP contribution in [0.3, 0.4) is 0 Å². The predicted molar refractivity (Wildman–Crippen MR) is 109 cm³/mol. The first-order valence-electron chi connectivity index (χ1n) is 9.46. The van der Waals surface area contributed by atoms with Crippen molar-refractivity contribution in [3.8, 4) is 11.3 Å². The number of ketones is 1. The van der Waals surface area contributed by atoms with Gasteiger partial charge in [0.1, 0.15) is 5.36 Å². The third kappa shape index (κ3) is 2.27. The second-order valence-corrected chi connectivity index (χ2v) is 6.79. The number of aromatic nitrogens is 2. The molecule has 0 bridgehead atoms. The zero-order chi connectivity index (χ0) is 19.3. The number of aromatic amines is 1. The van der Waals surface area contributed by atoms with Gasteiger partial charge < -0.3 is 9.88 Å². The van der Waals surface area contributed by atoms with E-state index in [9.17, 15) is 4.79 Å². The minimum absolute atomic E-state index is 0.0200. The second-order valence-electron chi connectivity index (χ2n) is 6.79. The maximum absolute atomic E-state index is 13.5. The number of rotatable bonds is 3. The zero-order valence-electron chi connectivity index (χ0n) is 15.7. The molecule has 2 heterocycles. The van der Waals surface area contributed by atoms with Gasteiger partial charge in [0.15, 0.2) is 5.78 Å². The number of carbonyl (C=O) groups is 1. The van der Waals surface area contributed by atoms with Crippen LogP contribution in [0, 0.1) is 0 Å². The zero-order valence-corrected chi connectivity index (χ0v) is 15.7. The van der Waals surface area contributed by atoms with E-state index in [4.69, 9.17) is 4.98 Å². The summed E-state index contributed by atoms with van der Waals surface area (Å²) in [6.45, 7) is 5.85. The van der Waals surface area contributed by atoms with E-state index < -0.39 is 0 Å². The molecule has 0 spiro atoms. The standard InChI is InChI=1S/C22H19N5O/c1-3-27(4-2)22-24-19-14-9-5-6-10-15(14)21(28)17(20(19)25-22)16-11-7-8-13-12-23-26-18(13)16/h5-12H,3-4H2,1-2H3,(H,24,25). The monoisotopic (exact) mass is 369 g/mol. The molecule has 1 aliphatic carbocycles. The molecule has 6 heteroatoms. The smallest absolute Gasteiger partial charge is 0.203 e. The lowest BCUT2D eigenvalue weighted by Crippen LogP contribution is -2.33. The molecule has 2 aliphatic rings. The number of nitrogens with zero attached hydrogens (tertiary/aromatic N) is 4. The summed E-state index contributed by atoms with van der Waals surface area (Å²) in [5.41, 5.74) is 4.61. The number of hydrogen-bond donors (Lipinski definition) is 1. The Kier molecular flexibility index (Phi) is 3.72. The second kappa shape index (κ2) is 6.27. The first kappa shape index (κ1) is 16.6. The number of hydrogen-bond acceptors (Lipinski definition) is 5. The van der Waals surface area contributed by atoms with Crippen molar-refractivity contribution < 1.29 is 4.79 Å². The van der Waals surface area contributed by atoms with E-state index in [1.165, 1.54) is 0 Å². The van der Waals surface area contributed by atoms with E-state index >= 15 is 0 Å². The highest BCUT2D eigenvalue weighted by atomic mass is 16.1. The fourth-order valence-corrected chi connectivity index (χ4v) is 3.93. The molecule has 0 radical (unpaired) electrons. The van der Waals surface area contributed by atoms with Gasteiger partial charge in [0, 0.05) is 35.0 Å². The van der Waals surface area contributed by atoms with Crippen molar-refractivity contribution in [1.29, 1.82) is 0 Å². The third-order valence-electron chi connectivity index (χ3n) is 5.35. The maximum atomic E-state index is 13.5. The third-order valence-corrected chi connectivity index (χ3v) is 5.35. The molecule has 1 N–H and O–H groups in total. The Morgan fingerprint density at radius 1 is 1.00 bits per heavy atom. The maximum Gasteiger partial charge on any atom is 0.203 e. The topological polar surface area (TPSA) is 73.7 Å². The van der Waals surface area contributed by atoms with Gasteiger partial charge in [0.25, 0.3) is 0 Å². The normalized spacial score (nSPS) is 15.7. The van der Waals surface area contributed by atoms with Crippen molar-refractivity contribution in [2.45, 2.75) is 13.8 Å². The molecular formula is C22H19N5O. The molecule has 0 fully saturated rings. The highest BCUT2D eigenvalue weighted by Gasteiger charge is 2.32. The average molecular weight is 369 g/mol. The summed E-state index contributed by atoms with van der Waals surface area (Å²) in [5, 5.41) is 9.81. The SMILES string of the molecule is CCN(CC)c1nc2c([nH]1)C(=c1cccc3c1=NN=C3)C(=O)c1ccccc1-2. The van der Waals surface area contributed by atoms with E-state index in [1.807, 2.05) is 42.5 Å². The fraction of sp³-hybridized carbons (Fsp3) is 0.182. The summed E-state index contributed by atoms with van der Waals surface area (Å²) in [6.07, 6.45) is 1.72. The van der Waals surface area contributed by atoms with E-state index in [0.717, 1.165) is 52.1 Å². The molecule has 3 aromatic rings. The minimum Gasteiger partial charge on any atom is -0.343 e. The van der Waals surface area contributed by atoms with E-state index in [0.29, 0.717) is 11.1 Å². The van der Waals surface area contributed by atoms with Crippen molar-refractivity contribution in [2.24, 2.45) is 10.2 Å². The first-order chi connectivity index (χ1) is 13.7. The van der Waals surface area contributed by atoms with Crippen LogP contribution in [-0.4, -0.2) is 35.1 Å². The van der Waals surface area contributed by atoms with Crippen molar-refractivity contribution in [3.05, 3.63) is 69.9 Å². The molecule has 5 rings (SSSR count). The fourth-order valence-electron chi connectivity index (χ4n) is 3.93. The number of nitrogens with one attached hydrogen (secondary N) is 1. The highest BCUT2D eigenvalue weighted by Crippen LogP contribution is 2.37. The van der Waals surface area contributed by atoms with Crippen LogP contribution in [0.5, 0.6) is 0 Å². The van der Waals surface area contributed by atoms with Crippen LogP contribution in [0.1, 0.15) is 35.5 Å². The lowest BCUT2D eigenvalue weighted by Gasteiger charge is -2.17. The van der Waals surface area contributed by atoms with Crippen LogP contribution >= 0.6 is 0 Å². The number of carbonyl (C=O) groups excluding carboxylic acids is 1. The van der Waals surface area contributed by atoms with Crippen LogP contribution < -0.4 is 15.5 Å². The van der Waals surface area contributed by atoms with E-state index in [1.54, 1.807) is 6.21 Å². The van der Waals surface area contributed by atoms with Crippen LogP contribution in [0.2, 0.25) is 0 Å². The molecule has 138 valence electrons. The quantitative estimate of drug-likeness (QED) is 0.770. The Morgan fingerprint density at radius 3 is 2.57 bits per heavy atom. The lowest BCUT2D eigenvalue weighted by molar-refractivity contribution is 0.105. The van der Waals surface area contributed by atoms with Gasteiger partial charge in [-0.2, -0.15) is 5.10 Å². The van der Waals surface area contributed by atoms with E-state index in [-0.39, 0.29) is 5.78 Å². The van der Waals surface area contributed by atoms with Gasteiger partial charge in [-0.1, -0.05) is 42.5 Å². The van der Waals surface area contributed by atoms with Gasteiger partial charge in [-0.25, -0.2) is 4.98 Å². The molecule has 1 aliphatic heterocycles. The van der Waals surface area contributed by atoms with Crippen LogP contribution in [0.4, 0.5) is 5.95 Å².